The Balaban J connectivity index is 2.84. The Bertz CT molecular complexity index is 307. The molecule has 6 heteroatoms. The maximum atomic E-state index is 11.4. The molecule has 0 aromatic rings. The van der Waals surface area contributed by atoms with Crippen molar-refractivity contribution >= 4 is 17.7 Å². The third kappa shape index (κ3) is 2.21. The van der Waals surface area contributed by atoms with Gasteiger partial charge in [0, 0.05) is 12.2 Å². The second kappa shape index (κ2) is 4.70. The molecule has 1 heterocycles. The minimum atomic E-state index is -0.810. The van der Waals surface area contributed by atoms with Crippen LogP contribution in [0.2, 0.25) is 0 Å². The highest BCUT2D eigenvalue weighted by Crippen LogP contribution is 2.13. The first kappa shape index (κ1) is 11.4. The van der Waals surface area contributed by atoms with Crippen LogP contribution in [0.5, 0.6) is 0 Å². The Kier molecular flexibility index (Phi) is 3.56. The van der Waals surface area contributed by atoms with Gasteiger partial charge in [0.25, 0.3) is 17.7 Å². The van der Waals surface area contributed by atoms with Gasteiger partial charge in [-0.1, -0.05) is 13.3 Å². The van der Waals surface area contributed by atoms with Gasteiger partial charge in [0.2, 0.25) is 0 Å². The van der Waals surface area contributed by atoms with Crippen molar-refractivity contribution in [3.05, 3.63) is 12.2 Å². The molecule has 6 nitrogen and oxygen atoms in total. The van der Waals surface area contributed by atoms with Gasteiger partial charge in [-0.25, -0.2) is 5.84 Å². The highest BCUT2D eigenvalue weighted by atomic mass is 16.2. The number of carbonyl (C=O) groups is 3. The highest BCUT2D eigenvalue weighted by Gasteiger charge is 2.34. The van der Waals surface area contributed by atoms with E-state index in [1.54, 1.807) is 0 Å². The quantitative estimate of drug-likeness (QED) is 0.272. The van der Waals surface area contributed by atoms with E-state index in [1.165, 1.54) is 0 Å². The Morgan fingerprint density at radius 3 is 2.40 bits per heavy atom. The largest absolute Gasteiger partial charge is 0.292 e. The van der Waals surface area contributed by atoms with Gasteiger partial charge in [0.1, 0.15) is 6.04 Å². The molecule has 0 aromatic heterocycles. The minimum Gasteiger partial charge on any atom is -0.292 e. The van der Waals surface area contributed by atoms with Crippen molar-refractivity contribution in [3.8, 4) is 0 Å². The second-order valence-electron chi connectivity index (χ2n) is 3.19. The van der Waals surface area contributed by atoms with Crippen LogP contribution in [-0.4, -0.2) is 28.7 Å². The number of nitrogens with one attached hydrogen (secondary N) is 1. The molecule has 1 rings (SSSR count). The number of rotatable bonds is 4. The van der Waals surface area contributed by atoms with E-state index in [1.807, 2.05) is 12.3 Å². The Morgan fingerprint density at radius 1 is 1.47 bits per heavy atom. The maximum absolute atomic E-state index is 11.4. The van der Waals surface area contributed by atoms with E-state index in [-0.39, 0.29) is 0 Å². The zero-order valence-electron chi connectivity index (χ0n) is 8.40. The first-order valence-corrected chi connectivity index (χ1v) is 4.67. The summed E-state index contributed by atoms with van der Waals surface area (Å²) in [5, 5.41) is 0. The molecule has 0 bridgehead atoms. The zero-order valence-corrected chi connectivity index (χ0v) is 8.40. The molecule has 0 saturated carbocycles. The summed E-state index contributed by atoms with van der Waals surface area (Å²) in [5.41, 5.74) is 1.96. The van der Waals surface area contributed by atoms with Crippen LogP contribution < -0.4 is 11.3 Å². The fraction of sp³-hybridized carbons (Fsp3) is 0.444. The summed E-state index contributed by atoms with van der Waals surface area (Å²) in [6, 6.07) is -0.810. The lowest BCUT2D eigenvalue weighted by molar-refractivity contribution is -0.145. The lowest BCUT2D eigenvalue weighted by Gasteiger charge is -2.23. The molecule has 1 aliphatic heterocycles. The number of nitrogens with two attached hydrogens (primary N) is 1. The molecular weight excluding hydrogens is 198 g/mol. The van der Waals surface area contributed by atoms with Gasteiger partial charge < -0.3 is 0 Å². The molecule has 1 aliphatic rings. The van der Waals surface area contributed by atoms with Gasteiger partial charge in [-0.15, -0.1) is 0 Å². The average molecular weight is 211 g/mol. The summed E-state index contributed by atoms with van der Waals surface area (Å²) >= 11 is 0. The van der Waals surface area contributed by atoms with Crippen molar-refractivity contribution < 1.29 is 14.4 Å². The van der Waals surface area contributed by atoms with Crippen LogP contribution in [0.3, 0.4) is 0 Å². The van der Waals surface area contributed by atoms with Gasteiger partial charge in [0.15, 0.2) is 0 Å². The lowest BCUT2D eigenvalue weighted by atomic mass is 10.1. The number of hydrazine groups is 1. The van der Waals surface area contributed by atoms with Gasteiger partial charge in [-0.3, -0.25) is 24.7 Å². The van der Waals surface area contributed by atoms with E-state index < -0.39 is 23.8 Å². The molecule has 1 unspecified atom stereocenters. The van der Waals surface area contributed by atoms with E-state index in [9.17, 15) is 14.4 Å². The third-order valence-electron chi connectivity index (χ3n) is 2.16. The van der Waals surface area contributed by atoms with Gasteiger partial charge in [-0.05, 0) is 6.42 Å². The van der Waals surface area contributed by atoms with Crippen molar-refractivity contribution in [2.45, 2.75) is 25.8 Å². The molecular formula is C9H13N3O3. The summed E-state index contributed by atoms with van der Waals surface area (Å²) in [5.74, 6) is 3.53. The van der Waals surface area contributed by atoms with Crippen molar-refractivity contribution in [3.63, 3.8) is 0 Å². The monoisotopic (exact) mass is 211 g/mol. The molecule has 1 atom stereocenters. The van der Waals surface area contributed by atoms with Gasteiger partial charge in [0.05, 0.1) is 0 Å². The highest BCUT2D eigenvalue weighted by molar-refractivity contribution is 6.15. The smallest absolute Gasteiger partial charge is 0.257 e. The second-order valence-corrected chi connectivity index (χ2v) is 3.19. The van der Waals surface area contributed by atoms with E-state index in [4.69, 9.17) is 5.84 Å². The number of amides is 3. The van der Waals surface area contributed by atoms with Crippen LogP contribution in [0.4, 0.5) is 0 Å². The van der Waals surface area contributed by atoms with E-state index in [0.29, 0.717) is 12.8 Å². The summed E-state index contributed by atoms with van der Waals surface area (Å²) in [4.78, 5) is 34.9. The molecule has 0 saturated heterocycles. The molecule has 0 radical (unpaired) electrons. The van der Waals surface area contributed by atoms with Crippen LogP contribution in [-0.2, 0) is 14.4 Å². The van der Waals surface area contributed by atoms with Crippen molar-refractivity contribution in [1.29, 1.82) is 0 Å². The van der Waals surface area contributed by atoms with Crippen LogP contribution in [0, 0.1) is 0 Å². The van der Waals surface area contributed by atoms with Crippen molar-refractivity contribution in [2.24, 2.45) is 5.84 Å². The van der Waals surface area contributed by atoms with Crippen LogP contribution in [0.15, 0.2) is 12.2 Å². The number of carbonyl (C=O) groups excluding carboxylic acids is 3. The predicted molar refractivity (Wildman–Crippen MR) is 52.0 cm³/mol. The molecule has 0 aliphatic carbocycles. The van der Waals surface area contributed by atoms with Crippen molar-refractivity contribution in [2.75, 3.05) is 0 Å². The standard InChI is InChI=1S/C9H13N3O3/c1-2-3-6(9(15)11-10)12-7(13)4-5-8(12)14/h4-6H,2-3,10H2,1H3,(H,11,15). The summed E-state index contributed by atoms with van der Waals surface area (Å²) in [6.07, 6.45) is 3.38. The van der Waals surface area contributed by atoms with Gasteiger partial charge >= 0.3 is 0 Å². The van der Waals surface area contributed by atoms with Gasteiger partial charge in [-0.2, -0.15) is 0 Å². The Labute approximate surface area is 87.1 Å². The summed E-state index contributed by atoms with van der Waals surface area (Å²) in [7, 11) is 0. The fourth-order valence-corrected chi connectivity index (χ4v) is 1.47. The van der Waals surface area contributed by atoms with Crippen LogP contribution in [0.25, 0.3) is 0 Å². The first-order valence-electron chi connectivity index (χ1n) is 4.67. The molecule has 82 valence electrons. The normalized spacial score (nSPS) is 17.1. The summed E-state index contributed by atoms with van der Waals surface area (Å²) in [6.45, 7) is 1.86. The number of imide groups is 1. The SMILES string of the molecule is CCCC(C(=O)NN)N1C(=O)C=CC1=O. The van der Waals surface area contributed by atoms with Crippen molar-refractivity contribution in [1.82, 2.24) is 10.3 Å². The van der Waals surface area contributed by atoms with Crippen LogP contribution in [0.1, 0.15) is 19.8 Å². The fourth-order valence-electron chi connectivity index (χ4n) is 1.47. The van der Waals surface area contributed by atoms with E-state index in [2.05, 4.69) is 0 Å². The minimum absolute atomic E-state index is 0.405. The van der Waals surface area contributed by atoms with E-state index in [0.717, 1.165) is 17.1 Å². The lowest BCUT2D eigenvalue weighted by Crippen LogP contribution is -2.51. The molecule has 0 spiro atoms. The first-order chi connectivity index (χ1) is 7.11. The summed E-state index contributed by atoms with van der Waals surface area (Å²) < 4.78 is 0. The van der Waals surface area contributed by atoms with E-state index >= 15 is 0 Å². The van der Waals surface area contributed by atoms with Crippen LogP contribution >= 0.6 is 0 Å². The average Bonchev–Trinajstić information content (AvgIpc) is 2.55. The number of nitrogens with zero attached hydrogens (tertiary/aromatic N) is 1. The third-order valence-corrected chi connectivity index (χ3v) is 2.16. The molecule has 3 amide bonds. The zero-order chi connectivity index (χ0) is 11.4. The number of hydrogen-bond donors (Lipinski definition) is 2. The molecule has 0 aromatic carbocycles. The Morgan fingerprint density at radius 2 is 2.00 bits per heavy atom. The topological polar surface area (TPSA) is 92.5 Å². The molecule has 0 fully saturated rings. The number of hydrogen-bond acceptors (Lipinski definition) is 4. The molecule has 3 N–H and O–H groups in total. The predicted octanol–water partition coefficient (Wildman–Crippen LogP) is -0.930. The molecule has 15 heavy (non-hydrogen) atoms. The Hall–Kier alpha value is -1.69. The maximum Gasteiger partial charge on any atom is 0.257 e.